The second-order valence-electron chi connectivity index (χ2n) is 31.1. The molecule has 8 aromatic heterocycles. The molecular formula is C90H116B3Cl3N22O7. The van der Waals surface area contributed by atoms with Crippen LogP contribution >= 0.6 is 34.8 Å². The number of rotatable bonds is 14. The number of fused-ring (bicyclic) bond motifs is 4. The van der Waals surface area contributed by atoms with Gasteiger partial charge in [0.2, 0.25) is 21.8 Å². The van der Waals surface area contributed by atoms with Crippen molar-refractivity contribution in [3.63, 3.8) is 0 Å². The van der Waals surface area contributed by atoms with E-state index in [1.165, 1.54) is 61.2 Å². The largest absolute Gasteiger partial charge is 0.442 e. The molecule has 14 rings (SSSR count). The smallest absolute Gasteiger partial charge is 0.435 e. The van der Waals surface area contributed by atoms with Gasteiger partial charge in [-0.3, -0.25) is 9.78 Å². The van der Waals surface area contributed by atoms with E-state index in [9.17, 15) is 14.3 Å². The number of nitrogen functional groups attached to an aromatic ring is 1. The van der Waals surface area contributed by atoms with E-state index in [2.05, 4.69) is 165 Å². The van der Waals surface area contributed by atoms with E-state index in [0.717, 1.165) is 112 Å². The Bertz CT molecular complexity index is 5890. The first kappa shape index (κ1) is 104. The van der Waals surface area contributed by atoms with Crippen LogP contribution < -0.4 is 30.7 Å². The first-order chi connectivity index (χ1) is 57.0. The minimum atomic E-state index is -0.606. The number of hydrogen-bond donors (Lipinski definition) is 3. The molecule has 0 spiro atoms. The number of ether oxygens (including phenoxy) is 2. The Morgan fingerprint density at radius 3 is 1.23 bits per heavy atom. The van der Waals surface area contributed by atoms with Gasteiger partial charge in [0.1, 0.15) is 34.5 Å². The van der Waals surface area contributed by atoms with E-state index in [4.69, 9.17) is 55.0 Å². The second-order valence-corrected chi connectivity index (χ2v) is 32.1. The zero-order valence-electron chi connectivity index (χ0n) is 74.1. The van der Waals surface area contributed by atoms with E-state index in [1.807, 2.05) is 193 Å². The number of aromatic nitrogens is 16. The summed E-state index contributed by atoms with van der Waals surface area (Å²) < 4.78 is 25.0. The van der Waals surface area contributed by atoms with Crippen molar-refractivity contribution in [1.82, 2.24) is 79.4 Å². The monoisotopic (exact) mass is 1750 g/mol. The van der Waals surface area contributed by atoms with Crippen LogP contribution in [0.25, 0.3) is 43.6 Å². The van der Waals surface area contributed by atoms with E-state index in [0.29, 0.717) is 35.8 Å². The van der Waals surface area contributed by atoms with Crippen molar-refractivity contribution in [2.75, 3.05) is 65.3 Å². The Hall–Kier alpha value is -12.0. The third kappa shape index (κ3) is 26.3. The van der Waals surface area contributed by atoms with Crippen LogP contribution in [0.3, 0.4) is 0 Å². The fourth-order valence-corrected chi connectivity index (χ4v) is 13.4. The number of nitrogens with two attached hydrogens (primary N) is 1. The summed E-state index contributed by atoms with van der Waals surface area (Å²) in [5.41, 5.74) is 29.1. The van der Waals surface area contributed by atoms with Crippen molar-refractivity contribution in [3.05, 3.63) is 216 Å². The van der Waals surface area contributed by atoms with Crippen molar-refractivity contribution in [3.8, 4) is 0 Å². The van der Waals surface area contributed by atoms with Crippen LogP contribution in [0.15, 0.2) is 122 Å². The average molecular weight is 1760 g/mol. The molecule has 0 amide bonds. The van der Waals surface area contributed by atoms with Gasteiger partial charge in [0.25, 0.3) is 0 Å². The van der Waals surface area contributed by atoms with Gasteiger partial charge >= 0.3 is 54.5 Å². The summed E-state index contributed by atoms with van der Waals surface area (Å²) in [6.45, 7) is 41.1. The van der Waals surface area contributed by atoms with E-state index in [1.54, 1.807) is 43.7 Å². The van der Waals surface area contributed by atoms with E-state index >= 15 is 0 Å². The van der Waals surface area contributed by atoms with Crippen molar-refractivity contribution >= 4 is 177 Å². The topological polar surface area (TPSA) is 324 Å². The molecule has 0 fully saturated rings. The van der Waals surface area contributed by atoms with Gasteiger partial charge in [-0.1, -0.05) is 34.4 Å². The number of aromatic amines is 1. The maximum atomic E-state index is 12.6. The Morgan fingerprint density at radius 1 is 0.472 bits per heavy atom. The number of halogens is 3. The maximum absolute atomic E-state index is 12.6. The molecule has 0 unspecified atom stereocenters. The first-order valence-corrected chi connectivity index (χ1v) is 39.9. The fraction of sp³-hybridized carbons (Fsp3) is 0.356. The number of carbonyl (C=O) groups is 2. The Labute approximate surface area is 752 Å². The quantitative estimate of drug-likeness (QED) is 0.0227. The Balaban J connectivity index is 0.000000277. The molecule has 4 radical (unpaired) electrons. The fourth-order valence-electron chi connectivity index (χ4n) is 13.0. The summed E-state index contributed by atoms with van der Waals surface area (Å²) in [7, 11) is 11.7. The number of carbonyl (C=O) groups excluding carboxylic acids is 2. The van der Waals surface area contributed by atoms with Crippen molar-refractivity contribution in [2.24, 2.45) is 7.05 Å². The van der Waals surface area contributed by atoms with Gasteiger partial charge in [0.05, 0.1) is 39.1 Å². The molecule has 4 N–H and O–H groups in total. The third-order valence-electron chi connectivity index (χ3n) is 19.5. The molecule has 29 nitrogen and oxygen atoms in total. The molecule has 0 aliphatic rings. The van der Waals surface area contributed by atoms with Crippen molar-refractivity contribution in [2.45, 2.75) is 179 Å². The van der Waals surface area contributed by atoms with Crippen LogP contribution in [0.4, 0.5) is 72.9 Å². The number of H-pyrrole nitrogens is 1. The molecule has 6 aromatic carbocycles. The minimum absolute atomic E-state index is 0. The van der Waals surface area contributed by atoms with Gasteiger partial charge < -0.3 is 40.1 Å². The second kappa shape index (κ2) is 44.6. The summed E-state index contributed by atoms with van der Waals surface area (Å²) in [5, 5.41) is 28.7. The van der Waals surface area contributed by atoms with Crippen molar-refractivity contribution in [1.29, 1.82) is 0 Å². The van der Waals surface area contributed by atoms with Gasteiger partial charge in [0.15, 0.2) is 0 Å². The molecule has 0 aliphatic heterocycles. The molecule has 0 aliphatic carbocycles. The number of aryl methyl sites for hydroxylation is 15. The third-order valence-corrected chi connectivity index (χ3v) is 20.0. The van der Waals surface area contributed by atoms with Crippen molar-refractivity contribution < 1.29 is 33.5 Å². The standard InChI is InChI=1S/C24H28N6.2C19H22ClN5O2.C14H14ClN5.C9H13N.C2H5B2O3.3CH4.B/c1-14-10-16(3)20(12-15(14)2)26-24-25-9-8-23(27-24)29(6)21-13-22-19(11-17(21)4)18(5)28-30(22)7;2*1-11-9-13-12(2)23-25(18(26)27-19(3,4)5)15(13)10-14(11)24(6)16-7-8-21-17(20)22-16;1-8-6-10-9(2)18-19-11(10)7-12(8)20(3)13-4-5-16-14(15)17-13;1-6-4-8(3)9(10)5-7(6)2;1-3-7-6-2-4-5;;;;/h8-13H,1-7H3,(H,25,26,27);2*7-10H,1-6H3;4-7H,1-3H3,(H,18,19);4-5H,10H2,1-3H3;2H2,1H3;3*1H4;. The summed E-state index contributed by atoms with van der Waals surface area (Å²) in [5.74, 6) is 3.46. The summed E-state index contributed by atoms with van der Waals surface area (Å²) in [6.07, 6.45) is 5.62. The molecule has 8 heterocycles. The molecule has 658 valence electrons. The SMILES string of the molecule is C.C.C.C[B]OOCB=O.Cc1cc(C)c(N)cc1C.Cc1cc(C)c(Nc2nccc(N(C)c3cc4c(cc3C)c(C)nn4C)n2)cc1C.Cc1cc2c(C)[nH]nc2cc1N(C)c1ccnc(Cl)n1.Cc1cc2c(C)nn(C(=O)OC(C)(C)C)c2cc1N(C)c1ccnc(Cl)n1.Cc1cc2c(C)nn(C(=O)OC(C)(C)C)c2cc1N(C)c1ccnc(Cl)n1.[B]. The van der Waals surface area contributed by atoms with Gasteiger partial charge in [0, 0.05) is 130 Å². The Kier molecular flexibility index (Phi) is 36.9. The Morgan fingerprint density at radius 2 is 0.832 bits per heavy atom. The van der Waals surface area contributed by atoms with Crippen LogP contribution in [-0.4, -0.2) is 161 Å². The predicted octanol–water partition coefficient (Wildman–Crippen LogP) is 21.4. The van der Waals surface area contributed by atoms with Crippen LogP contribution in [-0.2, 0) is 30.9 Å². The molecule has 0 saturated carbocycles. The average Bonchev–Trinajstić information content (AvgIpc) is 1.65. The predicted molar refractivity (Wildman–Crippen MR) is 513 cm³/mol. The number of nitrogens with one attached hydrogen (secondary N) is 2. The van der Waals surface area contributed by atoms with Gasteiger partial charge in [-0.2, -0.15) is 34.7 Å². The summed E-state index contributed by atoms with van der Waals surface area (Å²) in [4.78, 5) is 75.1. The minimum Gasteiger partial charge on any atom is -0.442 e. The maximum Gasteiger partial charge on any atom is 0.435 e. The van der Waals surface area contributed by atoms with Gasteiger partial charge in [-0.25, -0.2) is 44.5 Å². The van der Waals surface area contributed by atoms with Gasteiger partial charge in [-0.05, 0) is 314 Å². The number of benzene rings is 6. The van der Waals surface area contributed by atoms with Crippen LogP contribution in [0.5, 0.6) is 0 Å². The van der Waals surface area contributed by atoms with Crippen LogP contribution in [0.1, 0.15) is 142 Å². The summed E-state index contributed by atoms with van der Waals surface area (Å²) in [6, 6.07) is 32.1. The van der Waals surface area contributed by atoms with E-state index in [-0.39, 0.29) is 53.0 Å². The molecule has 14 aromatic rings. The normalized spacial score (nSPS) is 10.7. The number of anilines is 11. The van der Waals surface area contributed by atoms with E-state index < -0.39 is 23.4 Å². The zero-order chi connectivity index (χ0) is 89.0. The molecule has 0 saturated heterocycles. The molecular weight excluding hydrogens is 1640 g/mol. The zero-order valence-corrected chi connectivity index (χ0v) is 76.3. The summed E-state index contributed by atoms with van der Waals surface area (Å²) >= 11 is 17.7. The van der Waals surface area contributed by atoms with Crippen LogP contribution in [0.2, 0.25) is 22.7 Å². The molecule has 0 atom stereocenters. The molecule has 35 heteroatoms. The van der Waals surface area contributed by atoms with Crippen LogP contribution in [0, 0.1) is 96.9 Å². The number of nitrogens with zero attached hydrogens (tertiary/aromatic N) is 19. The molecule has 0 bridgehead atoms. The first-order valence-electron chi connectivity index (χ1n) is 38.7. The van der Waals surface area contributed by atoms with Gasteiger partial charge in [-0.15, -0.1) is 0 Å². The molecule has 125 heavy (non-hydrogen) atoms. The number of hydrogen-bond acceptors (Lipinski definition) is 25.